The number of nitrogens with zero attached hydrogens (tertiary/aromatic N) is 4. The largest absolute Gasteiger partial charge is 0.366 e. The molecule has 0 aromatic carbocycles. The Hall–Kier alpha value is -3.08. The van der Waals surface area contributed by atoms with E-state index in [9.17, 15) is 18.0 Å². The third-order valence-corrected chi connectivity index (χ3v) is 7.28. The summed E-state index contributed by atoms with van der Waals surface area (Å²) < 4.78 is 24.4. The van der Waals surface area contributed by atoms with Gasteiger partial charge in [0.1, 0.15) is 11.4 Å². The van der Waals surface area contributed by atoms with E-state index in [2.05, 4.69) is 20.5 Å². The Morgan fingerprint density at radius 2 is 1.90 bits per heavy atom. The van der Waals surface area contributed by atoms with Crippen molar-refractivity contribution >= 4 is 39.3 Å². The van der Waals surface area contributed by atoms with Crippen molar-refractivity contribution in [1.29, 1.82) is 0 Å². The number of nitrogens with one attached hydrogen (secondary N) is 2. The van der Waals surface area contributed by atoms with Crippen LogP contribution in [0.1, 0.15) is 37.7 Å². The fourth-order valence-electron chi connectivity index (χ4n) is 4.90. The van der Waals surface area contributed by atoms with E-state index in [4.69, 9.17) is 4.98 Å². The summed E-state index contributed by atoms with van der Waals surface area (Å²) in [6.45, 7) is 0. The number of rotatable bonds is 4. The molecule has 2 aromatic rings. The van der Waals surface area contributed by atoms with Gasteiger partial charge in [-0.25, -0.2) is 4.98 Å². The molecule has 1 saturated carbocycles. The van der Waals surface area contributed by atoms with Crippen molar-refractivity contribution < 1.29 is 22.0 Å². The fraction of sp³-hybridized carbons (Fsp3) is 0.450. The molecule has 1 unspecified atom stereocenters. The van der Waals surface area contributed by atoms with Gasteiger partial charge in [-0.05, 0) is 12.8 Å². The quantitative estimate of drug-likeness (QED) is 0.514. The van der Waals surface area contributed by atoms with Crippen LogP contribution in [0, 0.1) is 0 Å². The molecule has 0 bridgehead atoms. The number of hydrogen-bond donors (Lipinski definition) is 2. The smallest absolute Gasteiger partial charge is 0.338 e. The van der Waals surface area contributed by atoms with Gasteiger partial charge in [0.05, 0.1) is 18.4 Å². The molecule has 10 nitrogen and oxygen atoms in total. The molecule has 0 radical (unpaired) electrons. The van der Waals surface area contributed by atoms with Gasteiger partial charge in [0.2, 0.25) is 11.9 Å². The van der Waals surface area contributed by atoms with Crippen molar-refractivity contribution in [2.75, 3.05) is 16.5 Å². The van der Waals surface area contributed by atoms with Crippen molar-refractivity contribution in [3.63, 3.8) is 0 Å². The summed E-state index contributed by atoms with van der Waals surface area (Å²) >= 11 is 0. The van der Waals surface area contributed by atoms with E-state index in [-0.39, 0.29) is 24.3 Å². The number of carbonyl (C=O) groups is 2. The standard InChI is InChI=1S/C20H22N6O4S/c1-31(29,30)25-8-6-14(7-9-25)22-19-21-12-13-10-20(11-16(27)23-18(20)28)26(17(13)24-19)15-4-2-3-5-15/h6-9,12,15H,2-5,10-11H2,1H3,(H,23,27,28)/p+1. The van der Waals surface area contributed by atoms with E-state index in [1.165, 1.54) is 12.4 Å². The zero-order chi connectivity index (χ0) is 21.8. The minimum atomic E-state index is -3.35. The molecule has 11 heteroatoms. The second kappa shape index (κ2) is 6.98. The molecule has 1 spiro atoms. The Balaban J connectivity index is 1.48. The van der Waals surface area contributed by atoms with Gasteiger partial charge < -0.3 is 10.2 Å². The number of aromatic nitrogens is 3. The van der Waals surface area contributed by atoms with Crippen molar-refractivity contribution in [2.24, 2.45) is 0 Å². The third-order valence-electron chi connectivity index (χ3n) is 6.27. The fourth-order valence-corrected chi connectivity index (χ4v) is 5.46. The van der Waals surface area contributed by atoms with Crippen LogP contribution in [-0.2, 0) is 26.0 Å². The predicted molar refractivity (Wildman–Crippen MR) is 111 cm³/mol. The van der Waals surface area contributed by atoms with Crippen LogP contribution in [0.15, 0.2) is 30.7 Å². The van der Waals surface area contributed by atoms with Gasteiger partial charge in [-0.2, -0.15) is 13.4 Å². The molecule has 2 aromatic heterocycles. The lowest BCUT2D eigenvalue weighted by Gasteiger charge is -2.38. The number of amides is 2. The van der Waals surface area contributed by atoms with Crippen LogP contribution in [-0.4, -0.2) is 48.0 Å². The number of imide groups is 1. The van der Waals surface area contributed by atoms with Crippen molar-refractivity contribution in [2.45, 2.75) is 50.1 Å². The number of fused-ring (bicyclic) bond motifs is 1. The van der Waals surface area contributed by atoms with Crippen LogP contribution in [0.2, 0.25) is 0 Å². The maximum absolute atomic E-state index is 12.8. The van der Waals surface area contributed by atoms with Crippen LogP contribution < -0.4 is 19.5 Å². The van der Waals surface area contributed by atoms with Crippen molar-refractivity contribution in [3.05, 3.63) is 36.3 Å². The molecule has 2 fully saturated rings. The van der Waals surface area contributed by atoms with Crippen LogP contribution >= 0.6 is 0 Å². The lowest BCUT2D eigenvalue weighted by atomic mass is 9.91. The zero-order valence-corrected chi connectivity index (χ0v) is 17.9. The summed E-state index contributed by atoms with van der Waals surface area (Å²) in [6.07, 6.45) is 10.4. The second-order valence-corrected chi connectivity index (χ2v) is 10.3. The van der Waals surface area contributed by atoms with E-state index in [0.29, 0.717) is 23.9 Å². The first-order valence-corrected chi connectivity index (χ1v) is 12.1. The number of carbonyl (C=O) groups excluding carboxylic acids is 2. The predicted octanol–water partition coefficient (Wildman–Crippen LogP) is 0.406. The Labute approximate surface area is 179 Å². The number of hydrogen-bond acceptors (Lipinski definition) is 8. The van der Waals surface area contributed by atoms with Gasteiger partial charge in [-0.1, -0.05) is 16.8 Å². The molecule has 5 rings (SSSR count). The van der Waals surface area contributed by atoms with Crippen LogP contribution in [0.4, 0.5) is 17.5 Å². The highest BCUT2D eigenvalue weighted by molar-refractivity contribution is 7.84. The molecule has 1 saturated heterocycles. The Morgan fingerprint density at radius 1 is 1.19 bits per heavy atom. The normalized spacial score (nSPS) is 23.5. The number of pyridine rings is 1. The van der Waals surface area contributed by atoms with Crippen LogP contribution in [0.5, 0.6) is 0 Å². The maximum atomic E-state index is 12.8. The first kappa shape index (κ1) is 19.9. The van der Waals surface area contributed by atoms with E-state index in [1.807, 2.05) is 0 Å². The Bertz CT molecular complexity index is 1180. The van der Waals surface area contributed by atoms with E-state index in [1.54, 1.807) is 18.3 Å². The minimum Gasteiger partial charge on any atom is -0.338 e. The minimum absolute atomic E-state index is 0.131. The molecule has 31 heavy (non-hydrogen) atoms. The topological polar surface area (TPSA) is 125 Å². The molecule has 1 atom stereocenters. The molecule has 1 aliphatic carbocycles. The average Bonchev–Trinajstić information content (AvgIpc) is 3.39. The van der Waals surface area contributed by atoms with E-state index >= 15 is 0 Å². The zero-order valence-electron chi connectivity index (χ0n) is 17.0. The van der Waals surface area contributed by atoms with Gasteiger partial charge in [0, 0.05) is 36.4 Å². The Morgan fingerprint density at radius 3 is 2.52 bits per heavy atom. The molecule has 3 aliphatic rings. The van der Waals surface area contributed by atoms with Crippen LogP contribution in [0.3, 0.4) is 0 Å². The van der Waals surface area contributed by atoms with Gasteiger partial charge in [0.25, 0.3) is 5.91 Å². The second-order valence-electron chi connectivity index (χ2n) is 8.42. The highest BCUT2D eigenvalue weighted by atomic mass is 32.2. The lowest BCUT2D eigenvalue weighted by molar-refractivity contribution is -0.510. The van der Waals surface area contributed by atoms with Gasteiger partial charge in [-0.15, -0.1) is 0 Å². The SMILES string of the molecule is CS(=O)(=O)[n+]1ccc(Nc2ncc3c(n2)N(C2CCCC2)C2(CC(=O)NC2=O)C3)cc1. The molecule has 2 aliphatic heterocycles. The summed E-state index contributed by atoms with van der Waals surface area (Å²) in [5.41, 5.74) is 0.564. The lowest BCUT2D eigenvalue weighted by Crippen LogP contribution is -2.56. The molecular formula is C20H23N6O4S+. The molecular weight excluding hydrogens is 420 g/mol. The van der Waals surface area contributed by atoms with Gasteiger partial charge in [0.15, 0.2) is 12.4 Å². The monoisotopic (exact) mass is 443 g/mol. The maximum Gasteiger partial charge on any atom is 0.366 e. The Kier molecular flexibility index (Phi) is 4.47. The molecule has 4 heterocycles. The van der Waals surface area contributed by atoms with Crippen LogP contribution in [0.25, 0.3) is 0 Å². The summed E-state index contributed by atoms with van der Waals surface area (Å²) in [5.74, 6) is 0.526. The third kappa shape index (κ3) is 3.32. The van der Waals surface area contributed by atoms with Gasteiger partial charge >= 0.3 is 10.0 Å². The highest BCUT2D eigenvalue weighted by Gasteiger charge is 2.58. The first-order chi connectivity index (χ1) is 14.8. The molecule has 2 N–H and O–H groups in total. The van der Waals surface area contributed by atoms with Crippen molar-refractivity contribution in [3.8, 4) is 0 Å². The van der Waals surface area contributed by atoms with Crippen molar-refractivity contribution in [1.82, 2.24) is 15.3 Å². The van der Waals surface area contributed by atoms with E-state index < -0.39 is 15.6 Å². The molecule has 162 valence electrons. The highest BCUT2D eigenvalue weighted by Crippen LogP contribution is 2.46. The summed E-state index contributed by atoms with van der Waals surface area (Å²) in [5, 5.41) is 5.57. The number of anilines is 3. The average molecular weight is 444 g/mol. The first-order valence-electron chi connectivity index (χ1n) is 10.2. The molecule has 2 amide bonds. The van der Waals surface area contributed by atoms with E-state index in [0.717, 1.165) is 41.5 Å². The summed E-state index contributed by atoms with van der Waals surface area (Å²) in [7, 11) is -3.35. The van der Waals surface area contributed by atoms with Gasteiger partial charge in [-0.3, -0.25) is 14.9 Å². The summed E-state index contributed by atoms with van der Waals surface area (Å²) in [6, 6.07) is 3.40. The summed E-state index contributed by atoms with van der Waals surface area (Å²) in [4.78, 5) is 36.1.